The average Bonchev–Trinajstić information content (AvgIpc) is 3.58. The fourth-order valence-corrected chi connectivity index (χ4v) is 3.87. The molecule has 1 aliphatic carbocycles. The van der Waals surface area contributed by atoms with Gasteiger partial charge in [-0.2, -0.15) is 0 Å². The van der Waals surface area contributed by atoms with Crippen LogP contribution in [0, 0.1) is 11.7 Å². The van der Waals surface area contributed by atoms with Crippen molar-refractivity contribution in [3.63, 3.8) is 0 Å². The Balaban J connectivity index is 1.35. The number of likely N-dealkylation sites (tertiary alicyclic amines) is 1. The highest BCUT2D eigenvalue weighted by Crippen LogP contribution is 2.45. The molecule has 0 radical (unpaired) electrons. The maximum atomic E-state index is 14.2. The number of ether oxygens (including phenoxy) is 1. The number of piperidine rings is 1. The molecule has 2 N–H and O–H groups in total. The van der Waals surface area contributed by atoms with E-state index in [1.807, 2.05) is 35.2 Å². The van der Waals surface area contributed by atoms with Gasteiger partial charge in [0.2, 0.25) is 0 Å². The number of hydrogen-bond donors (Lipinski definition) is 1. The Morgan fingerprint density at radius 3 is 2.38 bits per heavy atom. The van der Waals surface area contributed by atoms with Crippen LogP contribution in [0.3, 0.4) is 0 Å². The van der Waals surface area contributed by atoms with Crippen LogP contribution < -0.4 is 10.5 Å². The number of nitrogens with zero attached hydrogens (tertiary/aromatic N) is 1. The third kappa shape index (κ3) is 4.42. The molecule has 0 unspecified atom stereocenters. The third-order valence-corrected chi connectivity index (χ3v) is 5.78. The monoisotopic (exact) mass is 396 g/mol. The van der Waals surface area contributed by atoms with Crippen LogP contribution in [0.4, 0.5) is 4.39 Å². The number of amides is 2. The molecule has 1 saturated carbocycles. The zero-order valence-electron chi connectivity index (χ0n) is 16.3. The summed E-state index contributed by atoms with van der Waals surface area (Å²) in [7, 11) is 0. The lowest BCUT2D eigenvalue weighted by Gasteiger charge is -2.32. The third-order valence-electron chi connectivity index (χ3n) is 5.78. The zero-order valence-corrected chi connectivity index (χ0v) is 16.3. The lowest BCUT2D eigenvalue weighted by Crippen LogP contribution is -2.39. The Morgan fingerprint density at radius 2 is 1.76 bits per heavy atom. The summed E-state index contributed by atoms with van der Waals surface area (Å²) in [5.41, 5.74) is 6.78. The molecule has 0 atom stereocenters. The first kappa shape index (κ1) is 19.4. The minimum Gasteiger partial charge on any atom is -0.493 e. The molecule has 0 spiro atoms. The maximum Gasteiger partial charge on any atom is 0.253 e. The van der Waals surface area contributed by atoms with E-state index < -0.39 is 11.7 Å². The molecule has 1 saturated heterocycles. The summed E-state index contributed by atoms with van der Waals surface area (Å²) in [5.74, 6) is -0.204. The van der Waals surface area contributed by atoms with E-state index in [9.17, 15) is 14.0 Å². The van der Waals surface area contributed by atoms with E-state index in [-0.39, 0.29) is 11.5 Å². The number of hydrogen-bond acceptors (Lipinski definition) is 3. The Morgan fingerprint density at radius 1 is 1.07 bits per heavy atom. The number of rotatable bonds is 6. The second-order valence-corrected chi connectivity index (χ2v) is 7.92. The Kier molecular flexibility index (Phi) is 5.51. The molecule has 29 heavy (non-hydrogen) atoms. The quantitative estimate of drug-likeness (QED) is 0.809. The topological polar surface area (TPSA) is 72.6 Å². The number of halogens is 1. The van der Waals surface area contributed by atoms with Crippen LogP contribution >= 0.6 is 0 Å². The van der Waals surface area contributed by atoms with E-state index in [1.165, 1.54) is 6.07 Å². The maximum absolute atomic E-state index is 14.2. The van der Waals surface area contributed by atoms with Gasteiger partial charge >= 0.3 is 0 Å². The Labute approximate surface area is 169 Å². The van der Waals surface area contributed by atoms with Crippen LogP contribution in [-0.4, -0.2) is 36.4 Å². The highest BCUT2D eigenvalue weighted by Gasteiger charge is 2.30. The standard InChI is InChI=1S/C23H25FN2O3/c24-20-13-21(18(16-6-7-16)12-19(20)22(25)27)29-14-15-8-10-26(11-9-15)23(28)17-4-2-1-3-5-17/h1-5,12-13,15-16H,6-11,14H2,(H2,25,27). The van der Waals surface area contributed by atoms with Gasteiger partial charge in [0.1, 0.15) is 11.6 Å². The minimum atomic E-state index is -0.758. The zero-order chi connectivity index (χ0) is 20.4. The number of carbonyl (C=O) groups excluding carboxylic acids is 2. The number of benzene rings is 2. The van der Waals surface area contributed by atoms with Gasteiger partial charge in [-0.25, -0.2) is 4.39 Å². The molecule has 6 heteroatoms. The highest BCUT2D eigenvalue weighted by atomic mass is 19.1. The molecule has 2 aromatic carbocycles. The van der Waals surface area contributed by atoms with E-state index >= 15 is 0 Å². The fraction of sp³-hybridized carbons (Fsp3) is 0.391. The molecule has 1 aliphatic heterocycles. The van der Waals surface area contributed by atoms with Crippen LogP contribution in [0.1, 0.15) is 57.9 Å². The van der Waals surface area contributed by atoms with E-state index in [4.69, 9.17) is 10.5 Å². The first-order valence-corrected chi connectivity index (χ1v) is 10.1. The van der Waals surface area contributed by atoms with E-state index in [2.05, 4.69) is 0 Å². The van der Waals surface area contributed by atoms with E-state index in [0.717, 1.165) is 31.2 Å². The van der Waals surface area contributed by atoms with Gasteiger partial charge in [-0.1, -0.05) is 18.2 Å². The summed E-state index contributed by atoms with van der Waals surface area (Å²) >= 11 is 0. The van der Waals surface area contributed by atoms with Crippen molar-refractivity contribution in [1.82, 2.24) is 4.90 Å². The van der Waals surface area contributed by atoms with Crippen molar-refractivity contribution in [3.8, 4) is 5.75 Å². The molecule has 0 bridgehead atoms. The Bertz CT molecular complexity index is 904. The molecule has 1 heterocycles. The number of primary amides is 1. The largest absolute Gasteiger partial charge is 0.493 e. The van der Waals surface area contributed by atoms with Crippen molar-refractivity contribution in [2.45, 2.75) is 31.6 Å². The van der Waals surface area contributed by atoms with Gasteiger partial charge in [0, 0.05) is 24.7 Å². The van der Waals surface area contributed by atoms with Crippen molar-refractivity contribution < 1.29 is 18.7 Å². The Hall–Kier alpha value is -2.89. The van der Waals surface area contributed by atoms with Gasteiger partial charge in [-0.05, 0) is 61.3 Å². The summed E-state index contributed by atoms with van der Waals surface area (Å²) in [6, 6.07) is 12.1. The van der Waals surface area contributed by atoms with Crippen molar-refractivity contribution in [2.24, 2.45) is 11.7 Å². The summed E-state index contributed by atoms with van der Waals surface area (Å²) in [4.78, 5) is 25.9. The van der Waals surface area contributed by atoms with Crippen molar-refractivity contribution in [2.75, 3.05) is 19.7 Å². The molecule has 2 amide bonds. The predicted molar refractivity (Wildman–Crippen MR) is 107 cm³/mol. The molecular formula is C23H25FN2O3. The minimum absolute atomic E-state index is 0.0603. The summed E-state index contributed by atoms with van der Waals surface area (Å²) in [6.07, 6.45) is 3.72. The van der Waals surface area contributed by atoms with Crippen LogP contribution in [0.2, 0.25) is 0 Å². The van der Waals surface area contributed by atoms with Gasteiger partial charge in [-0.15, -0.1) is 0 Å². The fourth-order valence-electron chi connectivity index (χ4n) is 3.87. The average molecular weight is 396 g/mol. The van der Waals surface area contributed by atoms with Crippen LogP contribution in [0.15, 0.2) is 42.5 Å². The van der Waals surface area contributed by atoms with Gasteiger partial charge in [0.05, 0.1) is 12.2 Å². The summed E-state index contributed by atoms with van der Waals surface area (Å²) in [6.45, 7) is 1.85. The van der Waals surface area contributed by atoms with Gasteiger partial charge in [0.25, 0.3) is 11.8 Å². The van der Waals surface area contributed by atoms with Crippen molar-refractivity contribution >= 4 is 11.8 Å². The van der Waals surface area contributed by atoms with E-state index in [0.29, 0.717) is 42.8 Å². The summed E-state index contributed by atoms with van der Waals surface area (Å²) < 4.78 is 20.2. The van der Waals surface area contributed by atoms with Crippen LogP contribution in [-0.2, 0) is 0 Å². The predicted octanol–water partition coefficient (Wildman–Crippen LogP) is 3.73. The summed E-state index contributed by atoms with van der Waals surface area (Å²) in [5, 5.41) is 0. The van der Waals surface area contributed by atoms with Crippen LogP contribution in [0.5, 0.6) is 5.75 Å². The SMILES string of the molecule is NC(=O)c1cc(C2CC2)c(OCC2CCN(C(=O)c3ccccc3)CC2)cc1F. The second-order valence-electron chi connectivity index (χ2n) is 7.92. The lowest BCUT2D eigenvalue weighted by atomic mass is 9.97. The van der Waals surface area contributed by atoms with Gasteiger partial charge in [0.15, 0.2) is 0 Å². The first-order valence-electron chi connectivity index (χ1n) is 10.1. The van der Waals surface area contributed by atoms with Crippen molar-refractivity contribution in [3.05, 3.63) is 65.0 Å². The number of nitrogens with two attached hydrogens (primary N) is 1. The molecular weight excluding hydrogens is 371 g/mol. The molecule has 2 fully saturated rings. The van der Waals surface area contributed by atoms with Gasteiger partial charge in [-0.3, -0.25) is 9.59 Å². The molecule has 2 aromatic rings. The highest BCUT2D eigenvalue weighted by molar-refractivity contribution is 5.94. The molecule has 2 aliphatic rings. The normalized spacial score (nSPS) is 17.2. The molecule has 5 nitrogen and oxygen atoms in total. The molecule has 4 rings (SSSR count). The smallest absolute Gasteiger partial charge is 0.253 e. The lowest BCUT2D eigenvalue weighted by molar-refractivity contribution is 0.0660. The molecule has 152 valence electrons. The van der Waals surface area contributed by atoms with Crippen LogP contribution in [0.25, 0.3) is 0 Å². The second kappa shape index (κ2) is 8.23. The van der Waals surface area contributed by atoms with Crippen molar-refractivity contribution in [1.29, 1.82) is 0 Å². The van der Waals surface area contributed by atoms with Gasteiger partial charge < -0.3 is 15.4 Å². The molecule has 0 aromatic heterocycles. The van der Waals surface area contributed by atoms with E-state index in [1.54, 1.807) is 6.07 Å². The first-order chi connectivity index (χ1) is 14.0. The number of carbonyl (C=O) groups is 2.